The minimum atomic E-state index is -0.299. The second-order valence-corrected chi connectivity index (χ2v) is 4.98. The van der Waals surface area contributed by atoms with Crippen LogP contribution in [0.25, 0.3) is 0 Å². The fourth-order valence-electron chi connectivity index (χ4n) is 2.46. The van der Waals surface area contributed by atoms with Crippen LogP contribution in [0.4, 0.5) is 0 Å². The maximum Gasteiger partial charge on any atom is 0.267 e. The van der Waals surface area contributed by atoms with E-state index in [-0.39, 0.29) is 29.2 Å². The van der Waals surface area contributed by atoms with Crippen molar-refractivity contribution in [1.82, 2.24) is 10.3 Å². The second kappa shape index (κ2) is 5.35. The molecule has 5 heteroatoms. The van der Waals surface area contributed by atoms with E-state index in [1.165, 1.54) is 6.07 Å². The number of aromatic amines is 1. The summed E-state index contributed by atoms with van der Waals surface area (Å²) in [5.74, 6) is -0.299. The van der Waals surface area contributed by atoms with E-state index in [0.717, 1.165) is 25.7 Å². The van der Waals surface area contributed by atoms with Gasteiger partial charge < -0.3 is 15.4 Å². The van der Waals surface area contributed by atoms with Crippen LogP contribution in [-0.2, 0) is 0 Å². The number of carbonyl (C=O) groups excluding carboxylic acids is 1. The molecule has 1 heterocycles. The topological polar surface area (TPSA) is 82.2 Å². The minimum Gasteiger partial charge on any atom is -0.396 e. The smallest absolute Gasteiger partial charge is 0.267 e. The van der Waals surface area contributed by atoms with Crippen LogP contribution in [0.15, 0.2) is 23.0 Å². The number of carbonyl (C=O) groups is 1. The number of amides is 1. The molecule has 1 aromatic heterocycles. The van der Waals surface area contributed by atoms with Crippen LogP contribution in [0.1, 0.15) is 36.2 Å². The van der Waals surface area contributed by atoms with Gasteiger partial charge >= 0.3 is 0 Å². The molecule has 98 valence electrons. The Kier molecular flexibility index (Phi) is 3.81. The molecule has 0 unspecified atom stereocenters. The molecule has 1 saturated carbocycles. The standard InChI is InChI=1S/C13H18N2O3/c16-9-13(6-1-2-7-13)8-14-12(18)10-4-3-5-11(17)15-10/h3-5,16H,1-2,6-9H2,(H,14,18)(H,15,17). The van der Waals surface area contributed by atoms with Crippen LogP contribution < -0.4 is 10.9 Å². The number of pyridine rings is 1. The number of aromatic nitrogens is 1. The van der Waals surface area contributed by atoms with E-state index in [2.05, 4.69) is 10.3 Å². The van der Waals surface area contributed by atoms with Gasteiger partial charge in [-0.3, -0.25) is 9.59 Å². The van der Waals surface area contributed by atoms with Gasteiger partial charge in [-0.2, -0.15) is 0 Å². The van der Waals surface area contributed by atoms with Gasteiger partial charge in [0.25, 0.3) is 5.91 Å². The van der Waals surface area contributed by atoms with Crippen LogP contribution in [0.2, 0.25) is 0 Å². The molecular formula is C13H18N2O3. The molecule has 3 N–H and O–H groups in total. The Hall–Kier alpha value is -1.62. The maximum atomic E-state index is 11.8. The summed E-state index contributed by atoms with van der Waals surface area (Å²) in [5, 5.41) is 12.2. The summed E-state index contributed by atoms with van der Waals surface area (Å²) in [6, 6.07) is 4.48. The molecule has 18 heavy (non-hydrogen) atoms. The molecule has 1 aromatic rings. The Morgan fingerprint density at radius 3 is 2.72 bits per heavy atom. The lowest BCUT2D eigenvalue weighted by Gasteiger charge is -2.26. The number of H-pyrrole nitrogens is 1. The van der Waals surface area contributed by atoms with Gasteiger partial charge in [-0.15, -0.1) is 0 Å². The van der Waals surface area contributed by atoms with Crippen molar-refractivity contribution in [3.63, 3.8) is 0 Å². The Morgan fingerprint density at radius 2 is 2.11 bits per heavy atom. The van der Waals surface area contributed by atoms with Crippen LogP contribution in [0.5, 0.6) is 0 Å². The van der Waals surface area contributed by atoms with Crippen molar-refractivity contribution in [2.24, 2.45) is 5.41 Å². The van der Waals surface area contributed by atoms with E-state index < -0.39 is 0 Å². The van der Waals surface area contributed by atoms with E-state index in [4.69, 9.17) is 0 Å². The van der Waals surface area contributed by atoms with Crippen molar-refractivity contribution in [3.05, 3.63) is 34.2 Å². The molecule has 0 atom stereocenters. The van der Waals surface area contributed by atoms with Crippen molar-refractivity contribution >= 4 is 5.91 Å². The zero-order valence-corrected chi connectivity index (χ0v) is 10.2. The molecule has 0 aliphatic heterocycles. The highest BCUT2D eigenvalue weighted by Crippen LogP contribution is 2.36. The van der Waals surface area contributed by atoms with E-state index >= 15 is 0 Å². The monoisotopic (exact) mass is 250 g/mol. The highest BCUT2D eigenvalue weighted by Gasteiger charge is 2.33. The molecule has 1 amide bonds. The molecular weight excluding hydrogens is 232 g/mol. The number of nitrogens with one attached hydrogen (secondary N) is 2. The van der Waals surface area contributed by atoms with E-state index in [1.54, 1.807) is 12.1 Å². The average Bonchev–Trinajstić information content (AvgIpc) is 2.85. The van der Waals surface area contributed by atoms with E-state index in [1.807, 2.05) is 0 Å². The first-order valence-electron chi connectivity index (χ1n) is 6.24. The molecule has 0 spiro atoms. The summed E-state index contributed by atoms with van der Waals surface area (Å²) in [7, 11) is 0. The summed E-state index contributed by atoms with van der Waals surface area (Å²) in [6.07, 6.45) is 4.07. The van der Waals surface area contributed by atoms with Gasteiger partial charge in [0, 0.05) is 18.0 Å². The normalized spacial score (nSPS) is 17.6. The molecule has 0 bridgehead atoms. The number of aliphatic hydroxyl groups excluding tert-OH is 1. The van der Waals surface area contributed by atoms with Crippen LogP contribution in [0.3, 0.4) is 0 Å². The summed E-state index contributed by atoms with van der Waals surface area (Å²) >= 11 is 0. The molecule has 1 aliphatic carbocycles. The number of hydrogen-bond acceptors (Lipinski definition) is 3. The summed E-state index contributed by atoms with van der Waals surface area (Å²) in [6.45, 7) is 0.553. The highest BCUT2D eigenvalue weighted by atomic mass is 16.3. The lowest BCUT2D eigenvalue weighted by molar-refractivity contribution is 0.0876. The highest BCUT2D eigenvalue weighted by molar-refractivity contribution is 5.92. The van der Waals surface area contributed by atoms with Gasteiger partial charge in [0.05, 0.1) is 6.61 Å². The van der Waals surface area contributed by atoms with Crippen LogP contribution in [-0.4, -0.2) is 29.1 Å². The first kappa shape index (κ1) is 12.8. The Labute approximate surface area is 105 Å². The third kappa shape index (κ3) is 2.79. The Morgan fingerprint density at radius 1 is 1.39 bits per heavy atom. The lowest BCUT2D eigenvalue weighted by atomic mass is 9.87. The Balaban J connectivity index is 1.98. The first-order chi connectivity index (χ1) is 8.65. The summed E-state index contributed by atoms with van der Waals surface area (Å²) in [4.78, 5) is 25.4. The fraction of sp³-hybridized carbons (Fsp3) is 0.538. The zero-order chi connectivity index (χ0) is 13.0. The minimum absolute atomic E-state index is 0.0958. The molecule has 0 radical (unpaired) electrons. The lowest BCUT2D eigenvalue weighted by Crippen LogP contribution is -2.38. The second-order valence-electron chi connectivity index (χ2n) is 4.98. The van der Waals surface area contributed by atoms with Gasteiger partial charge in [-0.05, 0) is 18.9 Å². The molecule has 2 rings (SSSR count). The number of aliphatic hydroxyl groups is 1. The van der Waals surface area contributed by atoms with Gasteiger partial charge in [0.2, 0.25) is 5.56 Å². The third-order valence-corrected chi connectivity index (χ3v) is 3.64. The zero-order valence-electron chi connectivity index (χ0n) is 10.2. The molecule has 1 fully saturated rings. The van der Waals surface area contributed by atoms with Crippen LogP contribution >= 0.6 is 0 Å². The van der Waals surface area contributed by atoms with Crippen molar-refractivity contribution in [1.29, 1.82) is 0 Å². The van der Waals surface area contributed by atoms with Gasteiger partial charge in [-0.1, -0.05) is 18.9 Å². The van der Waals surface area contributed by atoms with Gasteiger partial charge in [0.15, 0.2) is 0 Å². The van der Waals surface area contributed by atoms with E-state index in [0.29, 0.717) is 6.54 Å². The van der Waals surface area contributed by atoms with Gasteiger partial charge in [-0.25, -0.2) is 0 Å². The van der Waals surface area contributed by atoms with Crippen molar-refractivity contribution in [3.8, 4) is 0 Å². The number of hydrogen-bond donors (Lipinski definition) is 3. The predicted octanol–water partition coefficient (Wildman–Crippen LogP) is 0.657. The van der Waals surface area contributed by atoms with Crippen LogP contribution in [0, 0.1) is 5.41 Å². The van der Waals surface area contributed by atoms with Crippen molar-refractivity contribution in [2.75, 3.05) is 13.2 Å². The molecule has 1 aliphatic rings. The van der Waals surface area contributed by atoms with Crippen molar-refractivity contribution < 1.29 is 9.90 Å². The third-order valence-electron chi connectivity index (χ3n) is 3.64. The SMILES string of the molecule is O=C(NCC1(CO)CCCC1)c1cccc(=O)[nH]1. The summed E-state index contributed by atoms with van der Waals surface area (Å²) in [5.41, 5.74) is -0.209. The van der Waals surface area contributed by atoms with E-state index in [9.17, 15) is 14.7 Å². The average molecular weight is 250 g/mol. The molecule has 0 saturated heterocycles. The molecule has 0 aromatic carbocycles. The largest absolute Gasteiger partial charge is 0.396 e. The number of rotatable bonds is 4. The summed E-state index contributed by atoms with van der Waals surface area (Å²) < 4.78 is 0. The quantitative estimate of drug-likeness (QED) is 0.734. The first-order valence-corrected chi connectivity index (χ1v) is 6.24. The predicted molar refractivity (Wildman–Crippen MR) is 67.4 cm³/mol. The maximum absolute atomic E-state index is 11.8. The molecule has 5 nitrogen and oxygen atoms in total. The van der Waals surface area contributed by atoms with Crippen molar-refractivity contribution in [2.45, 2.75) is 25.7 Å². The van der Waals surface area contributed by atoms with Gasteiger partial charge in [0.1, 0.15) is 5.69 Å². The Bertz CT molecular complexity index is 475. The fourth-order valence-corrected chi connectivity index (χ4v) is 2.46.